The van der Waals surface area contributed by atoms with Crippen LogP contribution in [0.4, 0.5) is 5.82 Å². The summed E-state index contributed by atoms with van der Waals surface area (Å²) in [6.45, 7) is 0. The molecule has 0 unspecified atom stereocenters. The van der Waals surface area contributed by atoms with Crippen LogP contribution in [0.25, 0.3) is 21.6 Å². The smallest absolute Gasteiger partial charge is 0.163 e. The van der Waals surface area contributed by atoms with E-state index in [-0.39, 0.29) is 0 Å². The van der Waals surface area contributed by atoms with Crippen LogP contribution in [0.5, 0.6) is 0 Å². The van der Waals surface area contributed by atoms with Crippen LogP contribution in [-0.2, 0) is 12.8 Å². The number of aryl methyl sites for hydroxylation is 1. The molecule has 3 aromatic heterocycles. The number of nitrogens with one attached hydrogen (secondary N) is 1. The Kier molecular flexibility index (Phi) is 2.67. The van der Waals surface area contributed by atoms with Crippen molar-refractivity contribution in [2.45, 2.75) is 19.3 Å². The Morgan fingerprint density at radius 3 is 3.10 bits per heavy atom. The van der Waals surface area contributed by atoms with Gasteiger partial charge in [0, 0.05) is 30.1 Å². The molecule has 1 aliphatic rings. The number of fused-ring (bicyclic) bond motifs is 2. The maximum atomic E-state index is 4.74. The third kappa shape index (κ3) is 1.78. The van der Waals surface area contributed by atoms with E-state index in [1.165, 1.54) is 22.4 Å². The van der Waals surface area contributed by atoms with Crippen LogP contribution in [0.2, 0.25) is 0 Å². The summed E-state index contributed by atoms with van der Waals surface area (Å²) in [5.74, 6) is 1.74. The van der Waals surface area contributed by atoms with Crippen molar-refractivity contribution < 1.29 is 0 Å². The van der Waals surface area contributed by atoms with Gasteiger partial charge in [-0.2, -0.15) is 0 Å². The average molecular weight is 282 g/mol. The minimum absolute atomic E-state index is 0.776. The van der Waals surface area contributed by atoms with Gasteiger partial charge in [0.15, 0.2) is 5.82 Å². The van der Waals surface area contributed by atoms with Crippen LogP contribution in [0.3, 0.4) is 0 Å². The largest absolute Gasteiger partial charge is 0.373 e. The first kappa shape index (κ1) is 11.8. The van der Waals surface area contributed by atoms with Gasteiger partial charge in [-0.05, 0) is 36.8 Å². The van der Waals surface area contributed by atoms with Gasteiger partial charge in [-0.1, -0.05) is 0 Å². The predicted octanol–water partition coefficient (Wildman–Crippen LogP) is 3.28. The third-order valence-electron chi connectivity index (χ3n) is 3.73. The molecule has 0 bridgehead atoms. The predicted molar refractivity (Wildman–Crippen MR) is 82.2 cm³/mol. The van der Waals surface area contributed by atoms with Crippen molar-refractivity contribution in [2.75, 3.05) is 12.4 Å². The van der Waals surface area contributed by atoms with E-state index in [1.807, 2.05) is 19.3 Å². The average Bonchev–Trinajstić information content (AvgIpc) is 3.13. The molecule has 4 rings (SSSR count). The number of nitrogens with zero attached hydrogens (tertiary/aromatic N) is 3. The molecule has 4 nitrogen and oxygen atoms in total. The van der Waals surface area contributed by atoms with Crippen molar-refractivity contribution in [1.82, 2.24) is 15.0 Å². The van der Waals surface area contributed by atoms with Crippen LogP contribution in [0.1, 0.15) is 17.7 Å². The molecule has 100 valence electrons. The molecular formula is C15H14N4S. The Morgan fingerprint density at radius 2 is 2.20 bits per heavy atom. The first-order valence-electron chi connectivity index (χ1n) is 6.76. The van der Waals surface area contributed by atoms with Gasteiger partial charge in [0.25, 0.3) is 0 Å². The van der Waals surface area contributed by atoms with Gasteiger partial charge < -0.3 is 5.32 Å². The first-order valence-corrected chi connectivity index (χ1v) is 7.64. The van der Waals surface area contributed by atoms with Gasteiger partial charge in [-0.15, -0.1) is 11.3 Å². The molecule has 5 heteroatoms. The van der Waals surface area contributed by atoms with Crippen molar-refractivity contribution in [1.29, 1.82) is 0 Å². The number of thiophene rings is 1. The second kappa shape index (κ2) is 4.52. The lowest BCUT2D eigenvalue weighted by atomic mass is 10.2. The number of hydrogen-bond donors (Lipinski definition) is 1. The topological polar surface area (TPSA) is 50.7 Å². The fourth-order valence-corrected chi connectivity index (χ4v) is 3.52. The summed E-state index contributed by atoms with van der Waals surface area (Å²) in [4.78, 5) is 13.9. The Balaban J connectivity index is 1.88. The molecule has 0 aromatic carbocycles. The van der Waals surface area contributed by atoms with Crippen LogP contribution in [-0.4, -0.2) is 22.0 Å². The zero-order valence-electron chi connectivity index (χ0n) is 11.2. The standard InChI is InChI=1S/C15H14N4S/c1-16-15-10-3-2-4-11(10)18-14(19-15)9-7-13-12(17-8-9)5-6-20-13/h5-8H,2-4H2,1H3,(H,16,18,19). The van der Waals surface area contributed by atoms with Crippen molar-refractivity contribution >= 4 is 27.4 Å². The molecule has 0 atom stereocenters. The number of aromatic nitrogens is 3. The Morgan fingerprint density at radius 1 is 1.25 bits per heavy atom. The number of anilines is 1. The fraction of sp³-hybridized carbons (Fsp3) is 0.267. The molecule has 20 heavy (non-hydrogen) atoms. The number of pyridine rings is 1. The zero-order chi connectivity index (χ0) is 13.5. The Labute approximate surface area is 120 Å². The molecular weight excluding hydrogens is 268 g/mol. The normalized spacial score (nSPS) is 13.7. The fourth-order valence-electron chi connectivity index (χ4n) is 2.74. The van der Waals surface area contributed by atoms with Crippen molar-refractivity contribution in [3.05, 3.63) is 35.0 Å². The molecule has 1 aliphatic carbocycles. The van der Waals surface area contributed by atoms with Gasteiger partial charge in [0.05, 0.1) is 10.2 Å². The lowest BCUT2D eigenvalue weighted by molar-refractivity contribution is 0.900. The van der Waals surface area contributed by atoms with Gasteiger partial charge in [0.1, 0.15) is 5.82 Å². The molecule has 0 spiro atoms. The van der Waals surface area contributed by atoms with Crippen molar-refractivity contribution in [3.63, 3.8) is 0 Å². The Bertz CT molecular complexity index is 794. The number of rotatable bonds is 2. The molecule has 3 aromatic rings. The van der Waals surface area contributed by atoms with Crippen LogP contribution in [0, 0.1) is 0 Å². The van der Waals surface area contributed by atoms with E-state index in [0.717, 1.165) is 35.6 Å². The van der Waals surface area contributed by atoms with Gasteiger partial charge in [-0.3, -0.25) is 4.98 Å². The lowest BCUT2D eigenvalue weighted by Crippen LogP contribution is -2.03. The highest BCUT2D eigenvalue weighted by molar-refractivity contribution is 7.17. The third-order valence-corrected chi connectivity index (χ3v) is 4.58. The van der Waals surface area contributed by atoms with Crippen molar-refractivity contribution in [3.8, 4) is 11.4 Å². The molecule has 0 aliphatic heterocycles. The van der Waals surface area contributed by atoms with Gasteiger partial charge >= 0.3 is 0 Å². The highest BCUT2D eigenvalue weighted by Crippen LogP contribution is 2.30. The van der Waals surface area contributed by atoms with E-state index in [1.54, 1.807) is 11.3 Å². The van der Waals surface area contributed by atoms with E-state index in [9.17, 15) is 0 Å². The quantitative estimate of drug-likeness (QED) is 0.783. The van der Waals surface area contributed by atoms with Crippen LogP contribution >= 0.6 is 11.3 Å². The highest BCUT2D eigenvalue weighted by atomic mass is 32.1. The van der Waals surface area contributed by atoms with E-state index >= 15 is 0 Å². The second-order valence-corrected chi connectivity index (χ2v) is 5.90. The summed E-state index contributed by atoms with van der Waals surface area (Å²) in [7, 11) is 1.92. The molecule has 1 N–H and O–H groups in total. The summed E-state index contributed by atoms with van der Waals surface area (Å²) < 4.78 is 1.18. The minimum atomic E-state index is 0.776. The SMILES string of the molecule is CNc1nc(-c2cnc3ccsc3c2)nc2c1CCC2. The molecule has 0 radical (unpaired) electrons. The van der Waals surface area contributed by atoms with Crippen LogP contribution in [0.15, 0.2) is 23.7 Å². The molecule has 0 fully saturated rings. The highest BCUT2D eigenvalue weighted by Gasteiger charge is 2.19. The summed E-state index contributed by atoms with van der Waals surface area (Å²) in [6, 6.07) is 4.16. The maximum absolute atomic E-state index is 4.74. The van der Waals surface area contributed by atoms with E-state index in [2.05, 4.69) is 26.7 Å². The maximum Gasteiger partial charge on any atom is 0.163 e. The summed E-state index contributed by atoms with van der Waals surface area (Å²) in [6.07, 6.45) is 5.16. The summed E-state index contributed by atoms with van der Waals surface area (Å²) >= 11 is 1.70. The number of hydrogen-bond acceptors (Lipinski definition) is 5. The summed E-state index contributed by atoms with van der Waals surface area (Å²) in [5, 5.41) is 5.26. The minimum Gasteiger partial charge on any atom is -0.373 e. The summed E-state index contributed by atoms with van der Waals surface area (Å²) in [5.41, 5.74) is 4.49. The van der Waals surface area contributed by atoms with Crippen molar-refractivity contribution in [2.24, 2.45) is 0 Å². The van der Waals surface area contributed by atoms with Gasteiger partial charge in [-0.25, -0.2) is 9.97 Å². The van der Waals surface area contributed by atoms with E-state index < -0.39 is 0 Å². The van der Waals surface area contributed by atoms with Crippen LogP contribution < -0.4 is 5.32 Å². The lowest BCUT2D eigenvalue weighted by Gasteiger charge is -2.09. The zero-order valence-corrected chi connectivity index (χ0v) is 12.0. The first-order chi connectivity index (χ1) is 9.85. The van der Waals surface area contributed by atoms with E-state index in [4.69, 9.17) is 4.98 Å². The monoisotopic (exact) mass is 282 g/mol. The second-order valence-electron chi connectivity index (χ2n) is 4.95. The molecule has 0 amide bonds. The van der Waals surface area contributed by atoms with Gasteiger partial charge in [0.2, 0.25) is 0 Å². The molecule has 0 saturated carbocycles. The Hall–Kier alpha value is -2.01. The molecule has 3 heterocycles. The molecule has 0 saturated heterocycles. The van der Waals surface area contributed by atoms with E-state index in [0.29, 0.717) is 0 Å².